The molecule has 1 aliphatic heterocycles. The fourth-order valence-electron chi connectivity index (χ4n) is 2.85. The number of aryl methyl sites for hydroxylation is 1. The van der Waals surface area contributed by atoms with E-state index in [0.29, 0.717) is 0 Å². The third-order valence-corrected chi connectivity index (χ3v) is 4.12. The van der Waals surface area contributed by atoms with Gasteiger partial charge in [0.1, 0.15) is 0 Å². The molecule has 1 N–H and O–H groups in total. The Balaban J connectivity index is 1.80. The van der Waals surface area contributed by atoms with Gasteiger partial charge in [0.05, 0.1) is 13.2 Å². The lowest BCUT2D eigenvalue weighted by atomic mass is 10.0. The third-order valence-electron chi connectivity index (χ3n) is 4.12. The SMILES string of the molecule is CCCn1cccc1CNCC(C)(C)N1CCOCC1. The van der Waals surface area contributed by atoms with Crippen molar-refractivity contribution in [2.45, 2.75) is 45.8 Å². The van der Waals surface area contributed by atoms with Gasteiger partial charge in [-0.25, -0.2) is 0 Å². The van der Waals surface area contributed by atoms with Crippen LogP contribution in [0.3, 0.4) is 0 Å². The second-order valence-electron chi connectivity index (χ2n) is 6.21. The molecule has 0 radical (unpaired) electrons. The Morgan fingerprint density at radius 1 is 1.30 bits per heavy atom. The number of nitrogens with one attached hydrogen (secondary N) is 1. The van der Waals surface area contributed by atoms with Gasteiger partial charge >= 0.3 is 0 Å². The maximum atomic E-state index is 5.44. The highest BCUT2D eigenvalue weighted by atomic mass is 16.5. The highest BCUT2D eigenvalue weighted by Gasteiger charge is 2.27. The lowest BCUT2D eigenvalue weighted by molar-refractivity contribution is -0.00970. The van der Waals surface area contributed by atoms with Crippen molar-refractivity contribution in [3.63, 3.8) is 0 Å². The molecule has 4 heteroatoms. The summed E-state index contributed by atoms with van der Waals surface area (Å²) >= 11 is 0. The van der Waals surface area contributed by atoms with Crippen LogP contribution in [0.15, 0.2) is 18.3 Å². The molecule has 0 amide bonds. The normalized spacial score (nSPS) is 17.6. The largest absolute Gasteiger partial charge is 0.379 e. The van der Waals surface area contributed by atoms with Crippen molar-refractivity contribution in [2.75, 3.05) is 32.8 Å². The highest BCUT2D eigenvalue weighted by Crippen LogP contribution is 2.15. The fraction of sp³-hybridized carbons (Fsp3) is 0.750. The Labute approximate surface area is 123 Å². The number of morpholine rings is 1. The van der Waals surface area contributed by atoms with Gasteiger partial charge in [-0.1, -0.05) is 6.92 Å². The van der Waals surface area contributed by atoms with E-state index in [1.807, 2.05) is 0 Å². The zero-order chi connectivity index (χ0) is 14.4. The van der Waals surface area contributed by atoms with E-state index in [4.69, 9.17) is 4.74 Å². The highest BCUT2D eigenvalue weighted by molar-refractivity contribution is 5.07. The van der Waals surface area contributed by atoms with Crippen molar-refractivity contribution in [3.8, 4) is 0 Å². The van der Waals surface area contributed by atoms with Crippen LogP contribution in [-0.2, 0) is 17.8 Å². The van der Waals surface area contributed by atoms with E-state index in [0.717, 1.165) is 45.9 Å². The van der Waals surface area contributed by atoms with E-state index in [1.165, 1.54) is 12.1 Å². The molecule has 4 nitrogen and oxygen atoms in total. The molecule has 2 rings (SSSR count). The van der Waals surface area contributed by atoms with E-state index in [1.54, 1.807) is 0 Å². The van der Waals surface area contributed by atoms with E-state index < -0.39 is 0 Å². The first kappa shape index (κ1) is 15.5. The minimum absolute atomic E-state index is 0.186. The van der Waals surface area contributed by atoms with Crippen molar-refractivity contribution in [1.29, 1.82) is 0 Å². The Kier molecular flexibility index (Phi) is 5.64. The quantitative estimate of drug-likeness (QED) is 0.829. The van der Waals surface area contributed by atoms with Crippen LogP contribution >= 0.6 is 0 Å². The van der Waals surface area contributed by atoms with Crippen molar-refractivity contribution in [2.24, 2.45) is 0 Å². The molecule has 0 bridgehead atoms. The number of rotatable bonds is 7. The van der Waals surface area contributed by atoms with Gasteiger partial charge in [-0.2, -0.15) is 0 Å². The predicted octanol–water partition coefficient (Wildman–Crippen LogP) is 2.10. The summed E-state index contributed by atoms with van der Waals surface area (Å²) in [5.41, 5.74) is 1.57. The molecule has 1 saturated heterocycles. The van der Waals surface area contributed by atoms with Crippen molar-refractivity contribution in [3.05, 3.63) is 24.0 Å². The van der Waals surface area contributed by atoms with Gasteiger partial charge in [-0.05, 0) is 32.4 Å². The van der Waals surface area contributed by atoms with Crippen LogP contribution in [0, 0.1) is 0 Å². The molecule has 2 heterocycles. The van der Waals surface area contributed by atoms with Gasteiger partial charge in [0.2, 0.25) is 0 Å². The molecule has 1 aromatic rings. The van der Waals surface area contributed by atoms with E-state index in [-0.39, 0.29) is 5.54 Å². The second kappa shape index (κ2) is 7.25. The average molecular weight is 279 g/mol. The van der Waals surface area contributed by atoms with Gasteiger partial charge < -0.3 is 14.6 Å². The molecule has 0 saturated carbocycles. The molecular formula is C16H29N3O. The van der Waals surface area contributed by atoms with Crippen LogP contribution in [0.4, 0.5) is 0 Å². The summed E-state index contributed by atoms with van der Waals surface area (Å²) in [7, 11) is 0. The molecule has 20 heavy (non-hydrogen) atoms. The van der Waals surface area contributed by atoms with E-state index >= 15 is 0 Å². The lowest BCUT2D eigenvalue weighted by Gasteiger charge is -2.41. The molecular weight excluding hydrogens is 250 g/mol. The predicted molar refractivity (Wildman–Crippen MR) is 82.9 cm³/mol. The zero-order valence-electron chi connectivity index (χ0n) is 13.2. The Hall–Kier alpha value is -0.840. The fourth-order valence-corrected chi connectivity index (χ4v) is 2.85. The molecule has 1 aromatic heterocycles. The first-order valence-electron chi connectivity index (χ1n) is 7.81. The molecule has 0 aromatic carbocycles. The van der Waals surface area contributed by atoms with Crippen LogP contribution in [0.2, 0.25) is 0 Å². The van der Waals surface area contributed by atoms with Gasteiger partial charge in [-0.3, -0.25) is 4.90 Å². The zero-order valence-corrected chi connectivity index (χ0v) is 13.2. The van der Waals surface area contributed by atoms with Crippen LogP contribution in [0.5, 0.6) is 0 Å². The van der Waals surface area contributed by atoms with Gasteiger partial charge in [0, 0.05) is 50.2 Å². The van der Waals surface area contributed by atoms with Crippen LogP contribution in [0.25, 0.3) is 0 Å². The second-order valence-corrected chi connectivity index (χ2v) is 6.21. The Morgan fingerprint density at radius 3 is 2.75 bits per heavy atom. The topological polar surface area (TPSA) is 29.4 Å². The van der Waals surface area contributed by atoms with Crippen LogP contribution < -0.4 is 5.32 Å². The van der Waals surface area contributed by atoms with Crippen LogP contribution in [0.1, 0.15) is 32.9 Å². The first-order chi connectivity index (χ1) is 9.63. The molecule has 0 unspecified atom stereocenters. The molecule has 1 fully saturated rings. The number of aromatic nitrogens is 1. The molecule has 114 valence electrons. The number of nitrogens with zero attached hydrogens (tertiary/aromatic N) is 2. The third kappa shape index (κ3) is 4.08. The Morgan fingerprint density at radius 2 is 2.05 bits per heavy atom. The van der Waals surface area contributed by atoms with E-state index in [2.05, 4.69) is 53.9 Å². The summed E-state index contributed by atoms with van der Waals surface area (Å²) < 4.78 is 7.78. The van der Waals surface area contributed by atoms with Crippen LogP contribution in [-0.4, -0.2) is 47.9 Å². The maximum Gasteiger partial charge on any atom is 0.0594 e. The summed E-state index contributed by atoms with van der Waals surface area (Å²) in [6, 6.07) is 4.35. The molecule has 0 aliphatic carbocycles. The maximum absolute atomic E-state index is 5.44. The number of ether oxygens (including phenoxy) is 1. The summed E-state index contributed by atoms with van der Waals surface area (Å²) in [6.45, 7) is 13.7. The monoisotopic (exact) mass is 279 g/mol. The van der Waals surface area contributed by atoms with Gasteiger partial charge in [0.25, 0.3) is 0 Å². The number of hydrogen-bond acceptors (Lipinski definition) is 3. The van der Waals surface area contributed by atoms with Crippen molar-refractivity contribution in [1.82, 2.24) is 14.8 Å². The summed E-state index contributed by atoms with van der Waals surface area (Å²) in [5.74, 6) is 0. The molecule has 1 aliphatic rings. The average Bonchev–Trinajstić information content (AvgIpc) is 2.88. The lowest BCUT2D eigenvalue weighted by Crippen LogP contribution is -2.54. The smallest absolute Gasteiger partial charge is 0.0594 e. The number of hydrogen-bond donors (Lipinski definition) is 1. The summed E-state index contributed by atoms with van der Waals surface area (Å²) in [5, 5.41) is 3.62. The standard InChI is InChI=1S/C16H29N3O/c1-4-7-18-8-5-6-15(18)13-17-14-16(2,3)19-9-11-20-12-10-19/h5-6,8,17H,4,7,9-14H2,1-3H3. The minimum Gasteiger partial charge on any atom is -0.379 e. The van der Waals surface area contributed by atoms with Crippen molar-refractivity contribution >= 4 is 0 Å². The Bertz CT molecular complexity index is 394. The van der Waals surface area contributed by atoms with Crippen molar-refractivity contribution < 1.29 is 4.74 Å². The van der Waals surface area contributed by atoms with E-state index in [9.17, 15) is 0 Å². The summed E-state index contributed by atoms with van der Waals surface area (Å²) in [4.78, 5) is 2.52. The minimum atomic E-state index is 0.186. The molecule has 0 atom stereocenters. The molecule has 0 spiro atoms. The first-order valence-corrected chi connectivity index (χ1v) is 7.81. The summed E-state index contributed by atoms with van der Waals surface area (Å²) in [6.07, 6.45) is 3.36. The van der Waals surface area contributed by atoms with Gasteiger partial charge in [0.15, 0.2) is 0 Å². The van der Waals surface area contributed by atoms with Gasteiger partial charge in [-0.15, -0.1) is 0 Å².